The first-order valence-electron chi connectivity index (χ1n) is 7.52. The van der Waals surface area contributed by atoms with Crippen LogP contribution in [-0.2, 0) is 14.4 Å². The van der Waals surface area contributed by atoms with E-state index in [1.54, 1.807) is 6.08 Å². The molecule has 24 heavy (non-hydrogen) atoms. The Hall–Kier alpha value is -2.86. The van der Waals surface area contributed by atoms with Crippen LogP contribution in [0, 0.1) is 20.8 Å². The molecule has 0 fully saturated rings. The van der Waals surface area contributed by atoms with E-state index < -0.39 is 11.8 Å². The molecule has 0 aliphatic heterocycles. The Morgan fingerprint density at radius 1 is 1.21 bits per heavy atom. The lowest BCUT2D eigenvalue weighted by Crippen LogP contribution is -2.28. The molecule has 3 N–H and O–H groups in total. The van der Waals surface area contributed by atoms with Crippen LogP contribution in [0.15, 0.2) is 36.4 Å². The van der Waals surface area contributed by atoms with Crippen molar-refractivity contribution in [3.05, 3.63) is 58.9 Å². The molecule has 0 spiro atoms. The minimum atomic E-state index is -0.652. The topological polar surface area (TPSA) is 86.3 Å². The fourth-order valence-corrected chi connectivity index (χ4v) is 2.43. The first kappa shape index (κ1) is 17.5. The van der Waals surface area contributed by atoms with E-state index in [0.717, 1.165) is 22.6 Å². The molecule has 126 valence electrons. The third-order valence-corrected chi connectivity index (χ3v) is 3.56. The highest BCUT2D eigenvalue weighted by Crippen LogP contribution is 2.22. The van der Waals surface area contributed by atoms with Gasteiger partial charge in [0.15, 0.2) is 6.61 Å². The van der Waals surface area contributed by atoms with Gasteiger partial charge in [0.2, 0.25) is 5.91 Å². The molecule has 6 nitrogen and oxygen atoms in total. The number of nitrogens with two attached hydrogens (primary N) is 1. The Kier molecular flexibility index (Phi) is 5.55. The van der Waals surface area contributed by atoms with Gasteiger partial charge in [0.1, 0.15) is 0 Å². The molecule has 0 atom stereocenters. The Morgan fingerprint density at radius 3 is 2.50 bits per heavy atom. The number of aromatic nitrogens is 1. The van der Waals surface area contributed by atoms with Gasteiger partial charge in [-0.05, 0) is 50.6 Å². The number of nitrogens with one attached hydrogen (secondary N) is 1. The zero-order chi connectivity index (χ0) is 17.7. The molecular formula is C18H21N3O3. The summed E-state index contributed by atoms with van der Waals surface area (Å²) in [5.74, 6) is -1.11. The van der Waals surface area contributed by atoms with Crippen LogP contribution in [0.4, 0.5) is 0 Å². The zero-order valence-corrected chi connectivity index (χ0v) is 14.0. The number of carbonyl (C=O) groups excluding carboxylic acids is 2. The van der Waals surface area contributed by atoms with Crippen molar-refractivity contribution in [1.82, 2.24) is 10.0 Å². The van der Waals surface area contributed by atoms with Crippen LogP contribution in [0.3, 0.4) is 0 Å². The summed E-state index contributed by atoms with van der Waals surface area (Å²) in [4.78, 5) is 26.8. The summed E-state index contributed by atoms with van der Waals surface area (Å²) >= 11 is 0. The summed E-state index contributed by atoms with van der Waals surface area (Å²) in [5.41, 5.74) is 12.3. The van der Waals surface area contributed by atoms with Gasteiger partial charge in [-0.2, -0.15) is 0 Å². The molecule has 2 amide bonds. The molecule has 0 aliphatic carbocycles. The van der Waals surface area contributed by atoms with E-state index in [0.29, 0.717) is 0 Å². The van der Waals surface area contributed by atoms with Crippen molar-refractivity contribution in [1.29, 1.82) is 0 Å². The summed E-state index contributed by atoms with van der Waals surface area (Å²) in [6, 6.07) is 10.3. The summed E-state index contributed by atoms with van der Waals surface area (Å²) in [6.07, 6.45) is 3.05. The monoisotopic (exact) mass is 327 g/mol. The highest BCUT2D eigenvalue weighted by Gasteiger charge is 2.09. The van der Waals surface area contributed by atoms with Crippen molar-refractivity contribution in [2.24, 2.45) is 5.73 Å². The van der Waals surface area contributed by atoms with Gasteiger partial charge < -0.3 is 10.3 Å². The number of carbonyl (C=O) groups is 2. The van der Waals surface area contributed by atoms with E-state index in [1.807, 2.05) is 26.8 Å². The minimum Gasteiger partial charge on any atom is -0.368 e. The molecule has 0 saturated heterocycles. The quantitative estimate of drug-likeness (QED) is 0.628. The molecule has 0 bridgehead atoms. The Bertz CT molecular complexity index is 774. The predicted molar refractivity (Wildman–Crippen MR) is 92.3 cm³/mol. The van der Waals surface area contributed by atoms with Crippen LogP contribution in [0.2, 0.25) is 0 Å². The predicted octanol–water partition coefficient (Wildman–Crippen LogP) is 1.95. The van der Waals surface area contributed by atoms with Crippen LogP contribution in [0.25, 0.3) is 11.8 Å². The summed E-state index contributed by atoms with van der Waals surface area (Å²) in [5, 5.41) is 0. The number of hydrogen-bond donors (Lipinski definition) is 2. The molecule has 0 radical (unpaired) electrons. The normalized spacial score (nSPS) is 11.0. The second-order valence-corrected chi connectivity index (χ2v) is 5.55. The average molecular weight is 327 g/mol. The molecule has 1 heterocycles. The number of rotatable bonds is 6. The van der Waals surface area contributed by atoms with Crippen molar-refractivity contribution in [3.63, 3.8) is 0 Å². The van der Waals surface area contributed by atoms with E-state index >= 15 is 0 Å². The average Bonchev–Trinajstić information content (AvgIpc) is 2.80. The van der Waals surface area contributed by atoms with Crippen molar-refractivity contribution in [3.8, 4) is 5.69 Å². The van der Waals surface area contributed by atoms with Crippen molar-refractivity contribution in [2.75, 3.05) is 6.61 Å². The molecular weight excluding hydrogens is 306 g/mol. The molecule has 0 aliphatic rings. The second-order valence-electron chi connectivity index (χ2n) is 5.55. The summed E-state index contributed by atoms with van der Waals surface area (Å²) < 4.78 is 2.13. The maximum atomic E-state index is 11.6. The number of nitrogens with zero attached hydrogens (tertiary/aromatic N) is 1. The van der Waals surface area contributed by atoms with Gasteiger partial charge in [-0.15, -0.1) is 0 Å². The maximum absolute atomic E-state index is 11.6. The number of primary amides is 1. The van der Waals surface area contributed by atoms with Crippen LogP contribution in [0.1, 0.15) is 22.5 Å². The molecule has 0 saturated carbocycles. The van der Waals surface area contributed by atoms with Gasteiger partial charge in [0.05, 0.1) is 0 Å². The lowest BCUT2D eigenvalue weighted by molar-refractivity contribution is -0.134. The van der Waals surface area contributed by atoms with E-state index in [-0.39, 0.29) is 6.61 Å². The van der Waals surface area contributed by atoms with Gasteiger partial charge in [-0.1, -0.05) is 17.7 Å². The highest BCUT2D eigenvalue weighted by atomic mass is 16.7. The van der Waals surface area contributed by atoms with Crippen molar-refractivity contribution in [2.45, 2.75) is 20.8 Å². The fourth-order valence-electron chi connectivity index (χ4n) is 2.43. The van der Waals surface area contributed by atoms with Gasteiger partial charge in [0.25, 0.3) is 5.91 Å². The lowest BCUT2D eigenvalue weighted by atomic mass is 10.2. The van der Waals surface area contributed by atoms with Crippen LogP contribution < -0.4 is 11.2 Å². The Morgan fingerprint density at radius 2 is 1.88 bits per heavy atom. The lowest BCUT2D eigenvalue weighted by Gasteiger charge is -2.09. The van der Waals surface area contributed by atoms with Crippen molar-refractivity contribution >= 4 is 17.9 Å². The molecule has 1 aromatic carbocycles. The third-order valence-electron chi connectivity index (χ3n) is 3.56. The van der Waals surface area contributed by atoms with E-state index in [1.165, 1.54) is 11.6 Å². The number of amides is 2. The smallest absolute Gasteiger partial charge is 0.267 e. The molecule has 2 aromatic rings. The third kappa shape index (κ3) is 4.33. The Labute approximate surface area is 140 Å². The summed E-state index contributed by atoms with van der Waals surface area (Å²) in [7, 11) is 0. The molecule has 2 rings (SSSR count). The maximum Gasteiger partial charge on any atom is 0.267 e. The van der Waals surface area contributed by atoms with Gasteiger partial charge >= 0.3 is 0 Å². The molecule has 1 aromatic heterocycles. The standard InChI is InChI=1S/C18H21N3O3/c1-12-4-7-16(8-5-12)21-13(2)10-15(14(21)3)6-9-18(23)20-24-11-17(19)22/h4-10H,11H2,1-3H3,(H2,19,22)(H,20,23)/b9-6+. The highest BCUT2D eigenvalue weighted by molar-refractivity contribution is 5.91. The van der Waals surface area contributed by atoms with E-state index in [9.17, 15) is 9.59 Å². The van der Waals surface area contributed by atoms with Crippen LogP contribution >= 0.6 is 0 Å². The van der Waals surface area contributed by atoms with E-state index in [4.69, 9.17) is 5.73 Å². The zero-order valence-electron chi connectivity index (χ0n) is 14.0. The second kappa shape index (κ2) is 7.61. The van der Waals surface area contributed by atoms with Crippen molar-refractivity contribution < 1.29 is 14.4 Å². The van der Waals surface area contributed by atoms with Gasteiger partial charge in [0, 0.05) is 23.2 Å². The van der Waals surface area contributed by atoms with E-state index in [2.05, 4.69) is 39.2 Å². The van der Waals surface area contributed by atoms with Crippen LogP contribution in [0.5, 0.6) is 0 Å². The molecule has 0 unspecified atom stereocenters. The molecule has 6 heteroatoms. The summed E-state index contributed by atoms with van der Waals surface area (Å²) in [6.45, 7) is 5.70. The largest absolute Gasteiger partial charge is 0.368 e. The number of hydroxylamine groups is 1. The Balaban J connectivity index is 2.13. The first-order valence-corrected chi connectivity index (χ1v) is 7.52. The van der Waals surface area contributed by atoms with Gasteiger partial charge in [-0.3, -0.25) is 14.4 Å². The van der Waals surface area contributed by atoms with Gasteiger partial charge in [-0.25, -0.2) is 5.48 Å². The minimum absolute atomic E-state index is 0.360. The first-order chi connectivity index (χ1) is 11.4. The number of benzene rings is 1. The number of aryl methyl sites for hydroxylation is 2. The van der Waals surface area contributed by atoms with Crippen LogP contribution in [-0.4, -0.2) is 23.0 Å². The number of hydrogen-bond acceptors (Lipinski definition) is 3. The fraction of sp³-hybridized carbons (Fsp3) is 0.222. The SMILES string of the molecule is Cc1ccc(-n2c(C)cc(/C=C/C(=O)NOCC(N)=O)c2C)cc1.